The number of benzene rings is 1. The van der Waals surface area contributed by atoms with Crippen LogP contribution in [0.25, 0.3) is 5.69 Å². The van der Waals surface area contributed by atoms with Crippen molar-refractivity contribution in [3.63, 3.8) is 0 Å². The molecule has 3 aromatic rings. The molecule has 3 aliphatic heterocycles. The molecule has 3 aliphatic rings. The van der Waals surface area contributed by atoms with Crippen LogP contribution in [0.2, 0.25) is 5.02 Å². The third kappa shape index (κ3) is 3.27. The lowest BCUT2D eigenvalue weighted by Crippen LogP contribution is -2.73. The van der Waals surface area contributed by atoms with Crippen LogP contribution in [0.3, 0.4) is 0 Å². The van der Waals surface area contributed by atoms with Crippen LogP contribution in [0, 0.1) is 5.41 Å². The van der Waals surface area contributed by atoms with Crippen LogP contribution in [-0.2, 0) is 11.3 Å². The van der Waals surface area contributed by atoms with Crippen molar-refractivity contribution in [1.82, 2.24) is 29.6 Å². The van der Waals surface area contributed by atoms with Gasteiger partial charge in [-0.2, -0.15) is 0 Å². The zero-order valence-corrected chi connectivity index (χ0v) is 19.8. The quantitative estimate of drug-likeness (QED) is 0.564. The van der Waals surface area contributed by atoms with Crippen molar-refractivity contribution in [2.75, 3.05) is 42.6 Å². The summed E-state index contributed by atoms with van der Waals surface area (Å²) in [6, 6.07) is 7.38. The highest BCUT2D eigenvalue weighted by atomic mass is 35.5. The molecule has 2 saturated heterocycles. The van der Waals surface area contributed by atoms with Crippen LogP contribution in [0.5, 0.6) is 0 Å². The van der Waals surface area contributed by atoms with Crippen LogP contribution < -0.4 is 9.80 Å². The molecule has 34 heavy (non-hydrogen) atoms. The smallest absolute Gasteiger partial charge is 0.410 e. The Morgan fingerprint density at radius 2 is 1.97 bits per heavy atom. The van der Waals surface area contributed by atoms with Gasteiger partial charge < -0.3 is 14.5 Å². The van der Waals surface area contributed by atoms with Crippen molar-refractivity contribution >= 4 is 29.5 Å². The molecular formula is C23H25ClN8O2. The minimum absolute atomic E-state index is 0.230. The van der Waals surface area contributed by atoms with Crippen molar-refractivity contribution < 1.29 is 9.53 Å². The number of aromatic nitrogens is 5. The van der Waals surface area contributed by atoms with Gasteiger partial charge in [-0.05, 0) is 43.7 Å². The maximum Gasteiger partial charge on any atom is 0.410 e. The molecule has 2 fully saturated rings. The number of carbonyl (C=O) groups is 1. The van der Waals surface area contributed by atoms with Gasteiger partial charge in [-0.3, -0.25) is 9.47 Å². The average Bonchev–Trinajstić information content (AvgIpc) is 3.16. The van der Waals surface area contributed by atoms with E-state index in [0.717, 1.165) is 49.2 Å². The van der Waals surface area contributed by atoms with Gasteiger partial charge in [-0.15, -0.1) is 10.2 Å². The number of hydrogen-bond acceptors (Lipinski definition) is 8. The number of halogens is 1. The van der Waals surface area contributed by atoms with Gasteiger partial charge in [0, 0.05) is 42.8 Å². The third-order valence-electron chi connectivity index (χ3n) is 6.92. The predicted molar refractivity (Wildman–Crippen MR) is 126 cm³/mol. The van der Waals surface area contributed by atoms with Gasteiger partial charge in [0.15, 0.2) is 5.82 Å². The zero-order chi connectivity index (χ0) is 23.4. The summed E-state index contributed by atoms with van der Waals surface area (Å²) in [4.78, 5) is 27.3. The summed E-state index contributed by atoms with van der Waals surface area (Å²) in [6.45, 7) is 8.16. The van der Waals surface area contributed by atoms with E-state index in [-0.39, 0.29) is 17.6 Å². The van der Waals surface area contributed by atoms with Gasteiger partial charge in [0.25, 0.3) is 0 Å². The number of anilines is 2. The van der Waals surface area contributed by atoms with Crippen LogP contribution in [0.4, 0.5) is 16.6 Å². The molecule has 0 saturated carbocycles. The zero-order valence-electron chi connectivity index (χ0n) is 19.1. The van der Waals surface area contributed by atoms with E-state index in [0.29, 0.717) is 24.0 Å². The monoisotopic (exact) mass is 480 g/mol. The first-order valence-corrected chi connectivity index (χ1v) is 11.8. The summed E-state index contributed by atoms with van der Waals surface area (Å²) in [5.41, 5.74) is 2.10. The van der Waals surface area contributed by atoms with Crippen LogP contribution in [0.1, 0.15) is 31.3 Å². The highest BCUT2D eigenvalue weighted by Crippen LogP contribution is 2.44. The Bertz CT molecular complexity index is 1240. The van der Waals surface area contributed by atoms with Crippen LogP contribution >= 0.6 is 11.6 Å². The Labute approximate surface area is 202 Å². The molecule has 1 atom stereocenters. The molecule has 0 aliphatic carbocycles. The molecule has 1 spiro atoms. The normalized spacial score (nSPS) is 20.2. The largest absolute Gasteiger partial charge is 0.450 e. The van der Waals surface area contributed by atoms with E-state index in [9.17, 15) is 4.79 Å². The van der Waals surface area contributed by atoms with Crippen molar-refractivity contribution in [2.45, 2.75) is 26.4 Å². The summed E-state index contributed by atoms with van der Waals surface area (Å²) >= 11 is 6.33. The topological polar surface area (TPSA) is 92.5 Å². The van der Waals surface area contributed by atoms with E-state index in [1.54, 1.807) is 24.3 Å². The second-order valence-corrected chi connectivity index (χ2v) is 9.69. The molecule has 176 valence electrons. The Kier molecular flexibility index (Phi) is 4.87. The Morgan fingerprint density at radius 3 is 2.71 bits per heavy atom. The molecule has 0 radical (unpaired) electrons. The standard InChI is InChI=1S/C23H25ClN8O2/c1-3-34-22(33)31-9-16-8-17(24)4-5-18(16)32-20(15(31)2)27-28-21(32)30-12-23(13-30)10-29(11-23)19-6-7-25-14-26-19/h4-8,14-15H,3,9-13H2,1-2H3. The van der Waals surface area contributed by atoms with Gasteiger partial charge in [0.05, 0.1) is 24.9 Å². The molecule has 0 N–H and O–H groups in total. The van der Waals surface area contributed by atoms with Crippen molar-refractivity contribution in [3.05, 3.63) is 53.2 Å². The van der Waals surface area contributed by atoms with Crippen molar-refractivity contribution in [3.8, 4) is 5.69 Å². The summed E-state index contributed by atoms with van der Waals surface area (Å²) < 4.78 is 7.40. The lowest BCUT2D eigenvalue weighted by Gasteiger charge is -2.60. The van der Waals surface area contributed by atoms with Crippen LogP contribution in [0.15, 0.2) is 36.8 Å². The number of nitrogens with zero attached hydrogens (tertiary/aromatic N) is 8. The summed E-state index contributed by atoms with van der Waals surface area (Å²) in [7, 11) is 0. The van der Waals surface area contributed by atoms with E-state index in [4.69, 9.17) is 16.3 Å². The molecule has 6 rings (SSSR count). The first-order valence-electron chi connectivity index (χ1n) is 11.4. The summed E-state index contributed by atoms with van der Waals surface area (Å²) in [6.07, 6.45) is 2.99. The molecular weight excluding hydrogens is 456 g/mol. The SMILES string of the molecule is CCOC(=O)N1Cc2cc(Cl)ccc2-n2c(nnc2N2CC3(CN(c4ccncn4)C3)C2)C1C. The number of carbonyl (C=O) groups excluding carboxylic acids is 1. The van der Waals surface area contributed by atoms with Gasteiger partial charge in [0.2, 0.25) is 5.95 Å². The van der Waals surface area contributed by atoms with E-state index in [1.807, 2.05) is 31.2 Å². The van der Waals surface area contributed by atoms with E-state index in [2.05, 4.69) is 34.5 Å². The Hall–Kier alpha value is -3.40. The lowest BCUT2D eigenvalue weighted by atomic mass is 9.73. The minimum atomic E-state index is -0.374. The number of hydrogen-bond donors (Lipinski definition) is 0. The maximum absolute atomic E-state index is 12.7. The van der Waals surface area contributed by atoms with E-state index >= 15 is 0 Å². The second kappa shape index (κ2) is 7.83. The van der Waals surface area contributed by atoms with E-state index < -0.39 is 0 Å². The molecule has 11 heteroatoms. The highest BCUT2D eigenvalue weighted by Gasteiger charge is 2.53. The first-order chi connectivity index (χ1) is 16.5. The summed E-state index contributed by atoms with van der Waals surface area (Å²) in [5, 5.41) is 9.72. The van der Waals surface area contributed by atoms with Crippen molar-refractivity contribution in [2.24, 2.45) is 5.41 Å². The minimum Gasteiger partial charge on any atom is -0.450 e. The highest BCUT2D eigenvalue weighted by molar-refractivity contribution is 6.30. The van der Waals surface area contributed by atoms with Crippen molar-refractivity contribution in [1.29, 1.82) is 0 Å². The molecule has 0 bridgehead atoms. The number of amides is 1. The fourth-order valence-corrected chi connectivity index (χ4v) is 5.48. The number of ether oxygens (including phenoxy) is 1. The lowest BCUT2D eigenvalue weighted by molar-refractivity contribution is 0.0888. The molecule has 1 aromatic carbocycles. The van der Waals surface area contributed by atoms with Crippen LogP contribution in [-0.4, -0.2) is 68.5 Å². The number of fused-ring (bicyclic) bond motifs is 3. The number of rotatable bonds is 3. The molecule has 5 heterocycles. The molecule has 2 aromatic heterocycles. The third-order valence-corrected chi connectivity index (χ3v) is 7.15. The fourth-order valence-electron chi connectivity index (χ4n) is 5.28. The maximum atomic E-state index is 12.7. The van der Waals surface area contributed by atoms with Gasteiger partial charge in [-0.25, -0.2) is 14.8 Å². The molecule has 10 nitrogen and oxygen atoms in total. The Morgan fingerprint density at radius 1 is 1.18 bits per heavy atom. The molecule has 1 unspecified atom stereocenters. The van der Waals surface area contributed by atoms with E-state index in [1.165, 1.54) is 0 Å². The Balaban J connectivity index is 1.29. The summed E-state index contributed by atoms with van der Waals surface area (Å²) in [5.74, 6) is 2.47. The van der Waals surface area contributed by atoms with Gasteiger partial charge in [-0.1, -0.05) is 11.6 Å². The second-order valence-electron chi connectivity index (χ2n) is 9.25. The van der Waals surface area contributed by atoms with Gasteiger partial charge >= 0.3 is 6.09 Å². The fraction of sp³-hybridized carbons (Fsp3) is 0.435. The molecule has 1 amide bonds. The average molecular weight is 481 g/mol. The predicted octanol–water partition coefficient (Wildman–Crippen LogP) is 3.07. The van der Waals surface area contributed by atoms with Gasteiger partial charge in [0.1, 0.15) is 12.1 Å². The first kappa shape index (κ1) is 21.2.